The first-order valence-corrected chi connectivity index (χ1v) is 9.13. The number of aryl methyl sites for hydroxylation is 2. The van der Waals surface area contributed by atoms with Gasteiger partial charge in [0, 0.05) is 24.6 Å². The Hall–Kier alpha value is -1.94. The topological polar surface area (TPSA) is 42.4 Å². The minimum atomic E-state index is -0.176. The zero-order valence-electron chi connectivity index (χ0n) is 15.9. The third kappa shape index (κ3) is 3.69. The summed E-state index contributed by atoms with van der Waals surface area (Å²) >= 11 is 0. The van der Waals surface area contributed by atoms with Gasteiger partial charge in [0.1, 0.15) is 0 Å². The van der Waals surface area contributed by atoms with E-state index in [1.165, 1.54) is 5.56 Å². The maximum atomic E-state index is 13.3. The Bertz CT molecular complexity index is 798. The Kier molecular flexibility index (Phi) is 4.83. The minimum Gasteiger partial charge on any atom is -0.375 e. The van der Waals surface area contributed by atoms with E-state index < -0.39 is 0 Å². The van der Waals surface area contributed by atoms with E-state index in [9.17, 15) is 4.79 Å². The van der Waals surface area contributed by atoms with Crippen molar-refractivity contribution in [3.8, 4) is 0 Å². The van der Waals surface area contributed by atoms with Crippen LogP contribution in [0.4, 0.5) is 0 Å². The Morgan fingerprint density at radius 3 is 2.76 bits per heavy atom. The molecule has 4 nitrogen and oxygen atoms in total. The number of hydrogen-bond donors (Lipinski definition) is 0. The van der Waals surface area contributed by atoms with Crippen LogP contribution in [-0.2, 0) is 4.74 Å². The molecule has 0 aliphatic carbocycles. The summed E-state index contributed by atoms with van der Waals surface area (Å²) in [6.45, 7) is 11.6. The molecule has 0 spiro atoms. The lowest BCUT2D eigenvalue weighted by Gasteiger charge is -2.41. The number of ether oxygens (including phenoxy) is 1. The number of hydrogen-bond acceptors (Lipinski definition) is 3. The number of fused-ring (bicyclic) bond motifs is 1. The van der Waals surface area contributed by atoms with Crippen LogP contribution in [0.25, 0.3) is 10.9 Å². The van der Waals surface area contributed by atoms with Crippen LogP contribution in [0.15, 0.2) is 24.3 Å². The summed E-state index contributed by atoms with van der Waals surface area (Å²) in [5.41, 5.74) is 3.45. The summed E-state index contributed by atoms with van der Waals surface area (Å²) < 4.78 is 5.82. The first kappa shape index (κ1) is 17.9. The third-order valence-corrected chi connectivity index (χ3v) is 5.10. The van der Waals surface area contributed by atoms with Crippen molar-refractivity contribution in [2.24, 2.45) is 0 Å². The van der Waals surface area contributed by atoms with Crippen molar-refractivity contribution in [2.45, 2.75) is 59.1 Å². The van der Waals surface area contributed by atoms with E-state index in [1.807, 2.05) is 30.9 Å². The average Bonchev–Trinajstić information content (AvgIpc) is 2.54. The van der Waals surface area contributed by atoms with E-state index >= 15 is 0 Å². The van der Waals surface area contributed by atoms with Crippen LogP contribution in [0.1, 0.15) is 55.2 Å². The highest BCUT2D eigenvalue weighted by molar-refractivity contribution is 5.98. The number of carbonyl (C=O) groups excluding carboxylic acids is 1. The third-order valence-electron chi connectivity index (χ3n) is 5.10. The van der Waals surface area contributed by atoms with E-state index in [-0.39, 0.29) is 17.6 Å². The summed E-state index contributed by atoms with van der Waals surface area (Å²) in [6.07, 6.45) is 1.76. The number of amides is 1. The summed E-state index contributed by atoms with van der Waals surface area (Å²) in [5.74, 6) is 0.0820. The Morgan fingerprint density at radius 2 is 2.08 bits per heavy atom. The predicted molar refractivity (Wildman–Crippen MR) is 101 cm³/mol. The van der Waals surface area contributed by atoms with Crippen molar-refractivity contribution in [1.82, 2.24) is 9.88 Å². The van der Waals surface area contributed by atoms with Gasteiger partial charge in [-0.3, -0.25) is 9.78 Å². The van der Waals surface area contributed by atoms with Crippen molar-refractivity contribution in [2.75, 3.05) is 13.2 Å². The molecule has 0 N–H and O–H groups in total. The first-order chi connectivity index (χ1) is 11.8. The number of carbonyl (C=O) groups is 1. The van der Waals surface area contributed by atoms with Crippen LogP contribution in [0.3, 0.4) is 0 Å². The molecule has 1 aliphatic heterocycles. The van der Waals surface area contributed by atoms with Gasteiger partial charge in [0.2, 0.25) is 0 Å². The highest BCUT2D eigenvalue weighted by Gasteiger charge is 2.34. The molecule has 2 aromatic rings. The molecule has 1 atom stereocenters. The number of nitrogens with zero attached hydrogens (tertiary/aromatic N) is 2. The van der Waals surface area contributed by atoms with Crippen LogP contribution in [0, 0.1) is 13.8 Å². The predicted octanol–water partition coefficient (Wildman–Crippen LogP) is 4.27. The van der Waals surface area contributed by atoms with E-state index in [0.717, 1.165) is 29.4 Å². The maximum Gasteiger partial charge on any atom is 0.255 e. The van der Waals surface area contributed by atoms with Gasteiger partial charge in [-0.25, -0.2) is 0 Å². The normalized spacial score (nSPS) is 19.8. The van der Waals surface area contributed by atoms with Crippen LogP contribution in [-0.4, -0.2) is 40.6 Å². The molecule has 1 amide bonds. The standard InChI is InChI=1S/C21H28N2O2/c1-6-23(17-9-10-25-21(4,5)13-17)20(24)18-12-16-11-14(2)7-8-19(16)22-15(18)3/h7-8,11-12,17H,6,9-10,13H2,1-5H3/t17-/m0/s1. The Labute approximate surface area is 150 Å². The fourth-order valence-corrected chi connectivity index (χ4v) is 3.80. The molecular weight excluding hydrogens is 312 g/mol. The van der Waals surface area contributed by atoms with Crippen molar-refractivity contribution in [3.05, 3.63) is 41.1 Å². The molecule has 1 fully saturated rings. The number of benzene rings is 1. The smallest absolute Gasteiger partial charge is 0.255 e. The van der Waals surface area contributed by atoms with Crippen molar-refractivity contribution in [3.63, 3.8) is 0 Å². The van der Waals surface area contributed by atoms with Gasteiger partial charge in [-0.05, 0) is 65.7 Å². The molecule has 0 radical (unpaired) electrons. The second kappa shape index (κ2) is 6.75. The lowest BCUT2D eigenvalue weighted by atomic mass is 9.92. The lowest BCUT2D eigenvalue weighted by molar-refractivity contribution is -0.0777. The summed E-state index contributed by atoms with van der Waals surface area (Å²) in [7, 11) is 0. The van der Waals surface area contributed by atoms with Gasteiger partial charge in [-0.1, -0.05) is 11.6 Å². The van der Waals surface area contributed by atoms with Crippen LogP contribution in [0.5, 0.6) is 0 Å². The quantitative estimate of drug-likeness (QED) is 0.838. The monoisotopic (exact) mass is 340 g/mol. The van der Waals surface area contributed by atoms with Crippen molar-refractivity contribution >= 4 is 16.8 Å². The second-order valence-corrected chi connectivity index (χ2v) is 7.66. The molecule has 4 heteroatoms. The molecule has 0 saturated carbocycles. The highest BCUT2D eigenvalue weighted by Crippen LogP contribution is 2.29. The largest absolute Gasteiger partial charge is 0.375 e. The summed E-state index contributed by atoms with van der Waals surface area (Å²) in [4.78, 5) is 19.9. The van der Waals surface area contributed by atoms with E-state index in [4.69, 9.17) is 4.74 Å². The average molecular weight is 340 g/mol. The molecule has 0 unspecified atom stereocenters. The molecule has 1 saturated heterocycles. The van der Waals surface area contributed by atoms with E-state index in [1.54, 1.807) is 0 Å². The van der Waals surface area contributed by atoms with Gasteiger partial charge in [0.25, 0.3) is 5.91 Å². The molecule has 0 bridgehead atoms. The number of rotatable bonds is 3. The number of aromatic nitrogens is 1. The molecule has 25 heavy (non-hydrogen) atoms. The molecule has 1 aromatic heterocycles. The summed E-state index contributed by atoms with van der Waals surface area (Å²) in [6, 6.07) is 8.38. The zero-order chi connectivity index (χ0) is 18.2. The maximum absolute atomic E-state index is 13.3. The molecule has 1 aliphatic rings. The lowest BCUT2D eigenvalue weighted by Crippen LogP contribution is -2.48. The Morgan fingerprint density at radius 1 is 1.32 bits per heavy atom. The van der Waals surface area contributed by atoms with Gasteiger partial charge in [0.15, 0.2) is 0 Å². The minimum absolute atomic E-state index is 0.0820. The fraction of sp³-hybridized carbons (Fsp3) is 0.524. The van der Waals surface area contributed by atoms with Gasteiger partial charge >= 0.3 is 0 Å². The van der Waals surface area contributed by atoms with Crippen LogP contribution in [0.2, 0.25) is 0 Å². The van der Waals surface area contributed by atoms with E-state index in [0.29, 0.717) is 18.7 Å². The Balaban J connectivity index is 1.95. The SMILES string of the molecule is CCN(C(=O)c1cc2cc(C)ccc2nc1C)[C@H]1CCOC(C)(C)C1. The molecule has 2 heterocycles. The molecular formula is C21H28N2O2. The summed E-state index contributed by atoms with van der Waals surface area (Å²) in [5, 5.41) is 1.03. The second-order valence-electron chi connectivity index (χ2n) is 7.66. The van der Waals surface area contributed by atoms with Crippen LogP contribution >= 0.6 is 0 Å². The van der Waals surface area contributed by atoms with Gasteiger partial charge in [-0.2, -0.15) is 0 Å². The highest BCUT2D eigenvalue weighted by atomic mass is 16.5. The van der Waals surface area contributed by atoms with Gasteiger partial charge < -0.3 is 9.64 Å². The fourth-order valence-electron chi connectivity index (χ4n) is 3.80. The van der Waals surface area contributed by atoms with Gasteiger partial charge in [0.05, 0.1) is 22.4 Å². The van der Waals surface area contributed by atoms with Crippen LogP contribution < -0.4 is 0 Å². The molecule has 3 rings (SSSR count). The van der Waals surface area contributed by atoms with Crippen molar-refractivity contribution in [1.29, 1.82) is 0 Å². The van der Waals surface area contributed by atoms with Crippen molar-refractivity contribution < 1.29 is 9.53 Å². The molecule has 134 valence electrons. The van der Waals surface area contributed by atoms with Gasteiger partial charge in [-0.15, -0.1) is 0 Å². The number of pyridine rings is 1. The first-order valence-electron chi connectivity index (χ1n) is 9.13. The molecule has 1 aromatic carbocycles. The van der Waals surface area contributed by atoms with E-state index in [2.05, 4.69) is 37.9 Å². The zero-order valence-corrected chi connectivity index (χ0v) is 15.9.